The molecule has 82 valence electrons. The second-order valence-corrected chi connectivity index (χ2v) is 5.34. The fourth-order valence-corrected chi connectivity index (χ4v) is 2.93. The average molecular weight is 226 g/mol. The Kier molecular flexibility index (Phi) is 3.04. The zero-order valence-electron chi connectivity index (χ0n) is 8.31. The predicted molar refractivity (Wildman–Crippen MR) is 58.0 cm³/mol. The summed E-state index contributed by atoms with van der Waals surface area (Å²) in [5.74, 6) is 0. The first-order chi connectivity index (χ1) is 7.18. The molecular weight excluding hydrogens is 212 g/mol. The monoisotopic (exact) mass is 226 g/mol. The maximum atomic E-state index is 11.8. The van der Waals surface area contributed by atoms with Crippen molar-refractivity contribution in [3.05, 3.63) is 30.3 Å². The molecule has 4 nitrogen and oxygen atoms in total. The summed E-state index contributed by atoms with van der Waals surface area (Å²) in [6.07, 6.45) is 0.853. The van der Waals surface area contributed by atoms with Gasteiger partial charge in [0.05, 0.1) is 4.90 Å². The van der Waals surface area contributed by atoms with Gasteiger partial charge in [0.1, 0.15) is 0 Å². The third-order valence-corrected chi connectivity index (χ3v) is 3.97. The SMILES string of the molecule is O=S(=O)(NC1CCNC1)c1ccccc1. The number of benzene rings is 1. The van der Waals surface area contributed by atoms with E-state index in [4.69, 9.17) is 0 Å². The fraction of sp³-hybridized carbons (Fsp3) is 0.400. The Bertz CT molecular complexity index is 410. The molecule has 2 N–H and O–H groups in total. The van der Waals surface area contributed by atoms with Crippen LogP contribution in [-0.2, 0) is 10.0 Å². The van der Waals surface area contributed by atoms with Crippen molar-refractivity contribution < 1.29 is 8.42 Å². The summed E-state index contributed by atoms with van der Waals surface area (Å²) in [6, 6.07) is 8.48. The molecule has 0 amide bonds. The van der Waals surface area contributed by atoms with Crippen LogP contribution in [0.15, 0.2) is 35.2 Å². The Morgan fingerprint density at radius 3 is 2.60 bits per heavy atom. The summed E-state index contributed by atoms with van der Waals surface area (Å²) in [5, 5.41) is 3.12. The second kappa shape index (κ2) is 4.30. The van der Waals surface area contributed by atoms with E-state index in [1.165, 1.54) is 0 Å². The van der Waals surface area contributed by atoms with Crippen molar-refractivity contribution in [2.45, 2.75) is 17.4 Å². The molecule has 1 atom stereocenters. The Hall–Kier alpha value is -0.910. The molecule has 2 rings (SSSR count). The van der Waals surface area contributed by atoms with Gasteiger partial charge in [-0.25, -0.2) is 13.1 Å². The van der Waals surface area contributed by atoms with Crippen LogP contribution in [0.4, 0.5) is 0 Å². The van der Waals surface area contributed by atoms with E-state index in [-0.39, 0.29) is 6.04 Å². The first-order valence-corrected chi connectivity index (χ1v) is 6.45. The molecular formula is C10H14N2O2S. The van der Waals surface area contributed by atoms with Crippen LogP contribution in [0.2, 0.25) is 0 Å². The molecule has 0 aromatic heterocycles. The average Bonchev–Trinajstić information content (AvgIpc) is 2.71. The van der Waals surface area contributed by atoms with Crippen molar-refractivity contribution in [2.75, 3.05) is 13.1 Å². The number of sulfonamides is 1. The third-order valence-electron chi connectivity index (χ3n) is 2.44. The van der Waals surface area contributed by atoms with Crippen LogP contribution < -0.4 is 10.0 Å². The van der Waals surface area contributed by atoms with Crippen molar-refractivity contribution in [2.24, 2.45) is 0 Å². The van der Waals surface area contributed by atoms with Gasteiger partial charge in [-0.3, -0.25) is 0 Å². The van der Waals surface area contributed by atoms with Crippen LogP contribution in [0.25, 0.3) is 0 Å². The molecule has 0 aliphatic carbocycles. The summed E-state index contributed by atoms with van der Waals surface area (Å²) in [4.78, 5) is 0.330. The molecule has 1 aliphatic heterocycles. The molecule has 1 heterocycles. The van der Waals surface area contributed by atoms with Gasteiger partial charge in [0.15, 0.2) is 0 Å². The molecule has 1 aliphatic rings. The zero-order chi connectivity index (χ0) is 10.7. The summed E-state index contributed by atoms with van der Waals surface area (Å²) in [6.45, 7) is 1.59. The Labute approximate surface area is 89.7 Å². The highest BCUT2D eigenvalue weighted by Gasteiger charge is 2.21. The van der Waals surface area contributed by atoms with Crippen LogP contribution in [0.3, 0.4) is 0 Å². The van der Waals surface area contributed by atoms with E-state index in [1.807, 2.05) is 0 Å². The van der Waals surface area contributed by atoms with Crippen LogP contribution in [0, 0.1) is 0 Å². The number of hydrogen-bond donors (Lipinski definition) is 2. The lowest BCUT2D eigenvalue weighted by Gasteiger charge is -2.11. The molecule has 0 saturated carbocycles. The fourth-order valence-electron chi connectivity index (χ4n) is 1.64. The van der Waals surface area contributed by atoms with E-state index in [0.717, 1.165) is 13.0 Å². The zero-order valence-corrected chi connectivity index (χ0v) is 9.13. The van der Waals surface area contributed by atoms with Crippen molar-refractivity contribution in [1.82, 2.24) is 10.0 Å². The first-order valence-electron chi connectivity index (χ1n) is 4.96. The lowest BCUT2D eigenvalue weighted by atomic mass is 10.3. The van der Waals surface area contributed by atoms with Crippen LogP contribution in [0.1, 0.15) is 6.42 Å². The Morgan fingerprint density at radius 1 is 1.27 bits per heavy atom. The highest BCUT2D eigenvalue weighted by molar-refractivity contribution is 7.89. The maximum Gasteiger partial charge on any atom is 0.240 e. The molecule has 0 radical (unpaired) electrons. The lowest BCUT2D eigenvalue weighted by Crippen LogP contribution is -2.36. The van der Waals surface area contributed by atoms with E-state index >= 15 is 0 Å². The molecule has 1 saturated heterocycles. The Morgan fingerprint density at radius 2 is 2.00 bits per heavy atom. The van der Waals surface area contributed by atoms with E-state index in [9.17, 15) is 8.42 Å². The summed E-state index contributed by atoms with van der Waals surface area (Å²) in [7, 11) is -3.33. The van der Waals surface area contributed by atoms with Gasteiger partial charge >= 0.3 is 0 Å². The Balaban J connectivity index is 2.13. The maximum absolute atomic E-state index is 11.8. The van der Waals surface area contributed by atoms with Gasteiger partial charge in [-0.1, -0.05) is 18.2 Å². The molecule has 1 aromatic rings. The highest BCUT2D eigenvalue weighted by atomic mass is 32.2. The molecule has 15 heavy (non-hydrogen) atoms. The van der Waals surface area contributed by atoms with Gasteiger partial charge in [0, 0.05) is 12.6 Å². The van der Waals surface area contributed by atoms with Gasteiger partial charge < -0.3 is 5.32 Å². The normalized spacial score (nSPS) is 21.7. The minimum Gasteiger partial charge on any atom is -0.315 e. The molecule has 1 unspecified atom stereocenters. The highest BCUT2D eigenvalue weighted by Crippen LogP contribution is 2.09. The van der Waals surface area contributed by atoms with Crippen molar-refractivity contribution >= 4 is 10.0 Å². The lowest BCUT2D eigenvalue weighted by molar-refractivity contribution is 0.560. The minimum atomic E-state index is -3.33. The van der Waals surface area contributed by atoms with Crippen molar-refractivity contribution in [1.29, 1.82) is 0 Å². The molecule has 0 bridgehead atoms. The summed E-state index contributed by atoms with van der Waals surface area (Å²) < 4.78 is 26.4. The predicted octanol–water partition coefficient (Wildman–Crippen LogP) is 0.327. The third kappa shape index (κ3) is 2.56. The van der Waals surface area contributed by atoms with Gasteiger partial charge in [0.25, 0.3) is 0 Å². The van der Waals surface area contributed by atoms with Crippen molar-refractivity contribution in [3.8, 4) is 0 Å². The van der Waals surface area contributed by atoms with Crippen LogP contribution >= 0.6 is 0 Å². The van der Waals surface area contributed by atoms with Gasteiger partial charge in [0.2, 0.25) is 10.0 Å². The summed E-state index contributed by atoms with van der Waals surface area (Å²) >= 11 is 0. The number of rotatable bonds is 3. The van der Waals surface area contributed by atoms with Crippen LogP contribution in [0.5, 0.6) is 0 Å². The summed E-state index contributed by atoms with van der Waals surface area (Å²) in [5.41, 5.74) is 0. The molecule has 5 heteroatoms. The van der Waals surface area contributed by atoms with Crippen molar-refractivity contribution in [3.63, 3.8) is 0 Å². The topological polar surface area (TPSA) is 58.2 Å². The number of hydrogen-bond acceptors (Lipinski definition) is 3. The van der Waals surface area contributed by atoms with Gasteiger partial charge in [-0.15, -0.1) is 0 Å². The molecule has 1 aromatic carbocycles. The van der Waals surface area contributed by atoms with Gasteiger partial charge in [-0.05, 0) is 25.1 Å². The van der Waals surface area contributed by atoms with E-state index in [1.54, 1.807) is 30.3 Å². The van der Waals surface area contributed by atoms with Gasteiger partial charge in [-0.2, -0.15) is 0 Å². The van der Waals surface area contributed by atoms with E-state index in [2.05, 4.69) is 10.0 Å². The van der Waals surface area contributed by atoms with E-state index < -0.39 is 10.0 Å². The minimum absolute atomic E-state index is 0.0233. The molecule has 0 spiro atoms. The van der Waals surface area contributed by atoms with Crippen LogP contribution in [-0.4, -0.2) is 27.5 Å². The smallest absolute Gasteiger partial charge is 0.240 e. The number of nitrogens with one attached hydrogen (secondary N) is 2. The second-order valence-electron chi connectivity index (χ2n) is 3.62. The first kappa shape index (κ1) is 10.6. The molecule has 1 fully saturated rings. The standard InChI is InChI=1S/C10H14N2O2S/c13-15(14,10-4-2-1-3-5-10)12-9-6-7-11-8-9/h1-5,9,11-12H,6-8H2. The van der Waals surface area contributed by atoms with E-state index in [0.29, 0.717) is 11.4 Å². The largest absolute Gasteiger partial charge is 0.315 e. The quantitative estimate of drug-likeness (QED) is 0.780.